The fourth-order valence-corrected chi connectivity index (χ4v) is 4.42. The van der Waals surface area contributed by atoms with Crippen molar-refractivity contribution in [2.24, 2.45) is 0 Å². The van der Waals surface area contributed by atoms with Crippen molar-refractivity contribution in [3.8, 4) is 5.69 Å². The first kappa shape index (κ1) is 14.9. The van der Waals surface area contributed by atoms with Crippen molar-refractivity contribution in [2.75, 3.05) is 0 Å². The molecule has 0 N–H and O–H groups in total. The van der Waals surface area contributed by atoms with Crippen molar-refractivity contribution in [3.05, 3.63) is 90.0 Å². The van der Waals surface area contributed by atoms with Crippen molar-refractivity contribution >= 4 is 55.3 Å². The normalized spacial score (nSPS) is 11.9. The Hall–Kier alpha value is -3.23. The largest absolute Gasteiger partial charge is 0.454 e. The highest BCUT2D eigenvalue weighted by Gasteiger charge is 2.17. The van der Waals surface area contributed by atoms with E-state index in [1.54, 1.807) is 0 Å². The third kappa shape index (κ3) is 1.96. The minimum atomic E-state index is 0.714. The highest BCUT2D eigenvalue weighted by Crippen LogP contribution is 2.39. The van der Waals surface area contributed by atoms with E-state index in [4.69, 9.17) is 16.0 Å². The molecule has 2 nitrogen and oxygen atoms in total. The summed E-state index contributed by atoms with van der Waals surface area (Å²) in [5.74, 6) is 0. The molecule has 2 aromatic heterocycles. The molecule has 0 spiro atoms. The number of nitrogens with zero attached hydrogens (tertiary/aromatic N) is 1. The Bertz CT molecular complexity index is 1440. The summed E-state index contributed by atoms with van der Waals surface area (Å²) in [6.45, 7) is 0. The maximum absolute atomic E-state index is 6.48. The van der Waals surface area contributed by atoms with Crippen LogP contribution >= 0.6 is 11.6 Å². The first-order chi connectivity index (χ1) is 13.3. The summed E-state index contributed by atoms with van der Waals surface area (Å²) in [5, 5.41) is 5.19. The Morgan fingerprint density at radius 2 is 1.26 bits per heavy atom. The molecule has 0 aliphatic rings. The highest BCUT2D eigenvalue weighted by atomic mass is 35.5. The zero-order valence-corrected chi connectivity index (χ0v) is 15.1. The molecular formula is C24H14ClNO. The molecule has 128 valence electrons. The number of hydrogen-bond donors (Lipinski definition) is 0. The minimum Gasteiger partial charge on any atom is -0.454 e. The standard InChI is InChI=1S/C24H14ClNO/c25-18-10-6-14-22-23(18)17-9-5-13-21(24(17)27-22)26-19-11-3-1-7-15(19)16-8-2-4-12-20(16)26/h1-14H. The van der Waals surface area contributed by atoms with Crippen molar-refractivity contribution in [1.29, 1.82) is 0 Å². The highest BCUT2D eigenvalue weighted by molar-refractivity contribution is 6.37. The number of benzene rings is 4. The van der Waals surface area contributed by atoms with Gasteiger partial charge in [0.1, 0.15) is 5.58 Å². The first-order valence-corrected chi connectivity index (χ1v) is 9.29. The van der Waals surface area contributed by atoms with Gasteiger partial charge in [-0.25, -0.2) is 0 Å². The Balaban J connectivity index is 1.84. The van der Waals surface area contributed by atoms with Gasteiger partial charge in [0.2, 0.25) is 0 Å². The fraction of sp³-hybridized carbons (Fsp3) is 0. The molecule has 0 saturated carbocycles. The maximum atomic E-state index is 6.48. The number of hydrogen-bond acceptors (Lipinski definition) is 1. The molecule has 6 aromatic rings. The van der Waals surface area contributed by atoms with Gasteiger partial charge in [0.25, 0.3) is 0 Å². The number of halogens is 1. The predicted octanol–water partition coefficient (Wildman–Crippen LogP) is 7.34. The molecule has 0 amide bonds. The molecule has 2 heterocycles. The summed E-state index contributed by atoms with van der Waals surface area (Å²) in [4.78, 5) is 0. The predicted molar refractivity (Wildman–Crippen MR) is 113 cm³/mol. The lowest BCUT2D eigenvalue weighted by molar-refractivity contribution is 0.666. The van der Waals surface area contributed by atoms with Crippen LogP contribution in [0.4, 0.5) is 0 Å². The number of para-hydroxylation sites is 3. The lowest BCUT2D eigenvalue weighted by atomic mass is 10.1. The van der Waals surface area contributed by atoms with Gasteiger partial charge in [-0.15, -0.1) is 0 Å². The van der Waals surface area contributed by atoms with Crippen molar-refractivity contribution < 1.29 is 4.42 Å². The van der Waals surface area contributed by atoms with Crippen LogP contribution in [-0.2, 0) is 0 Å². The lowest BCUT2D eigenvalue weighted by Crippen LogP contribution is -1.93. The smallest absolute Gasteiger partial charge is 0.159 e. The molecule has 0 bridgehead atoms. The molecule has 0 aliphatic heterocycles. The first-order valence-electron chi connectivity index (χ1n) is 8.91. The van der Waals surface area contributed by atoms with E-state index >= 15 is 0 Å². The van der Waals surface area contributed by atoms with E-state index < -0.39 is 0 Å². The van der Waals surface area contributed by atoms with Gasteiger partial charge in [-0.3, -0.25) is 0 Å². The maximum Gasteiger partial charge on any atom is 0.159 e. The Kier molecular flexibility index (Phi) is 2.97. The van der Waals surface area contributed by atoms with E-state index in [2.05, 4.69) is 71.3 Å². The molecule has 0 unspecified atom stereocenters. The van der Waals surface area contributed by atoms with Crippen LogP contribution in [-0.4, -0.2) is 4.57 Å². The number of furan rings is 1. The summed E-state index contributed by atoms with van der Waals surface area (Å²) < 4.78 is 8.56. The number of fused-ring (bicyclic) bond motifs is 6. The van der Waals surface area contributed by atoms with E-state index in [-0.39, 0.29) is 0 Å². The molecule has 0 fully saturated rings. The molecule has 0 atom stereocenters. The van der Waals surface area contributed by atoms with Crippen LogP contribution < -0.4 is 0 Å². The van der Waals surface area contributed by atoms with Crippen LogP contribution in [0, 0.1) is 0 Å². The second-order valence-electron chi connectivity index (χ2n) is 6.74. The van der Waals surface area contributed by atoms with Crippen LogP contribution in [0.5, 0.6) is 0 Å². The van der Waals surface area contributed by atoms with Crippen molar-refractivity contribution in [1.82, 2.24) is 4.57 Å². The van der Waals surface area contributed by atoms with Crippen LogP contribution in [0.15, 0.2) is 89.3 Å². The van der Waals surface area contributed by atoms with Gasteiger partial charge < -0.3 is 8.98 Å². The summed E-state index contributed by atoms with van der Waals surface area (Å²) in [7, 11) is 0. The fourth-order valence-electron chi connectivity index (χ4n) is 4.15. The average molecular weight is 368 g/mol. The van der Waals surface area contributed by atoms with Gasteiger partial charge in [-0.2, -0.15) is 0 Å². The Morgan fingerprint density at radius 3 is 2.00 bits per heavy atom. The number of rotatable bonds is 1. The van der Waals surface area contributed by atoms with E-state index in [0.29, 0.717) is 5.02 Å². The Labute approximate surface area is 160 Å². The third-order valence-electron chi connectivity index (χ3n) is 5.27. The molecule has 0 aliphatic carbocycles. The van der Waals surface area contributed by atoms with Crippen LogP contribution in [0.2, 0.25) is 5.02 Å². The molecule has 27 heavy (non-hydrogen) atoms. The van der Waals surface area contributed by atoms with Gasteiger partial charge in [-0.05, 0) is 30.3 Å². The van der Waals surface area contributed by atoms with Crippen LogP contribution in [0.3, 0.4) is 0 Å². The average Bonchev–Trinajstić information content (AvgIpc) is 3.25. The van der Waals surface area contributed by atoms with E-state index in [1.807, 2.05) is 18.2 Å². The molecule has 3 heteroatoms. The minimum absolute atomic E-state index is 0.714. The van der Waals surface area contributed by atoms with Gasteiger partial charge in [0.05, 0.1) is 21.7 Å². The van der Waals surface area contributed by atoms with E-state index in [0.717, 1.165) is 38.7 Å². The molecule has 0 radical (unpaired) electrons. The van der Waals surface area contributed by atoms with E-state index in [1.165, 1.54) is 10.8 Å². The van der Waals surface area contributed by atoms with Gasteiger partial charge in [-0.1, -0.05) is 66.2 Å². The quantitative estimate of drug-likeness (QED) is 0.297. The zero-order chi connectivity index (χ0) is 18.0. The SMILES string of the molecule is Clc1cccc2oc3c(-n4c5ccccc5c5ccccc54)cccc3c12. The topological polar surface area (TPSA) is 18.1 Å². The molecular weight excluding hydrogens is 354 g/mol. The van der Waals surface area contributed by atoms with Gasteiger partial charge in [0.15, 0.2) is 5.58 Å². The summed E-state index contributed by atoms with van der Waals surface area (Å²) in [5.41, 5.74) is 5.02. The molecule has 4 aromatic carbocycles. The lowest BCUT2D eigenvalue weighted by Gasteiger charge is -2.08. The monoisotopic (exact) mass is 367 g/mol. The zero-order valence-electron chi connectivity index (χ0n) is 14.3. The molecule has 6 rings (SSSR count). The van der Waals surface area contributed by atoms with Crippen LogP contribution in [0.1, 0.15) is 0 Å². The molecule has 0 saturated heterocycles. The van der Waals surface area contributed by atoms with Gasteiger partial charge >= 0.3 is 0 Å². The number of aromatic nitrogens is 1. The van der Waals surface area contributed by atoms with Gasteiger partial charge in [0, 0.05) is 21.5 Å². The van der Waals surface area contributed by atoms with Crippen molar-refractivity contribution in [3.63, 3.8) is 0 Å². The second kappa shape index (κ2) is 5.38. The summed E-state index contributed by atoms with van der Waals surface area (Å²) >= 11 is 6.48. The second-order valence-corrected chi connectivity index (χ2v) is 7.15. The third-order valence-corrected chi connectivity index (χ3v) is 5.59. The summed E-state index contributed by atoms with van der Waals surface area (Å²) in [6, 6.07) is 29.0. The van der Waals surface area contributed by atoms with E-state index in [9.17, 15) is 0 Å². The van der Waals surface area contributed by atoms with Crippen molar-refractivity contribution in [2.45, 2.75) is 0 Å². The van der Waals surface area contributed by atoms with Crippen LogP contribution in [0.25, 0.3) is 49.4 Å². The Morgan fingerprint density at radius 1 is 0.630 bits per heavy atom. The summed E-state index contributed by atoms with van der Waals surface area (Å²) in [6.07, 6.45) is 0.